The third-order valence-corrected chi connectivity index (χ3v) is 5.97. The van der Waals surface area contributed by atoms with Crippen molar-refractivity contribution in [2.45, 2.75) is 49.9 Å². The van der Waals surface area contributed by atoms with Crippen molar-refractivity contribution in [3.63, 3.8) is 0 Å². The zero-order valence-corrected chi connectivity index (χ0v) is 11.1. The molecule has 2 aliphatic heterocycles. The lowest BCUT2D eigenvalue weighted by Crippen LogP contribution is -2.22. The van der Waals surface area contributed by atoms with E-state index in [0.29, 0.717) is 12.2 Å². The maximum absolute atomic E-state index is 12.1. The van der Waals surface area contributed by atoms with E-state index in [9.17, 15) is 8.42 Å². The van der Waals surface area contributed by atoms with Crippen molar-refractivity contribution in [1.82, 2.24) is 14.8 Å². The summed E-state index contributed by atoms with van der Waals surface area (Å²) >= 11 is 0. The second-order valence-corrected chi connectivity index (χ2v) is 7.45. The van der Waals surface area contributed by atoms with Gasteiger partial charge in [-0.1, -0.05) is 6.42 Å². The number of nitrogens with two attached hydrogens (primary N) is 1. The number of hydrogen-bond acceptors (Lipinski definition) is 5. The summed E-state index contributed by atoms with van der Waals surface area (Å²) in [7, 11) is -3.07. The highest BCUT2D eigenvalue weighted by molar-refractivity contribution is 7.91. The Kier molecular flexibility index (Phi) is 2.90. The first-order chi connectivity index (χ1) is 8.58. The van der Waals surface area contributed by atoms with E-state index in [1.165, 1.54) is 0 Å². The van der Waals surface area contributed by atoms with Crippen LogP contribution in [-0.4, -0.2) is 28.9 Å². The van der Waals surface area contributed by atoms with E-state index in [0.717, 1.165) is 38.1 Å². The van der Waals surface area contributed by atoms with Gasteiger partial charge in [-0.05, 0) is 25.7 Å². The molecule has 0 radical (unpaired) electrons. The number of hydrogen-bond donors (Lipinski definition) is 1. The van der Waals surface area contributed by atoms with E-state index in [-0.39, 0.29) is 11.8 Å². The van der Waals surface area contributed by atoms with Crippen LogP contribution in [0.25, 0.3) is 0 Å². The third kappa shape index (κ3) is 1.95. The first kappa shape index (κ1) is 12.1. The molecular formula is C11H18N4O2S. The minimum atomic E-state index is -3.07. The molecule has 7 heteroatoms. The van der Waals surface area contributed by atoms with Gasteiger partial charge in [0.1, 0.15) is 11.1 Å². The van der Waals surface area contributed by atoms with Gasteiger partial charge in [-0.3, -0.25) is 0 Å². The molecule has 0 aliphatic carbocycles. The summed E-state index contributed by atoms with van der Waals surface area (Å²) in [4.78, 5) is 4.40. The molecule has 2 atom stereocenters. The Bertz CT molecular complexity index is 551. The van der Waals surface area contributed by atoms with Gasteiger partial charge in [-0.15, -0.1) is 0 Å². The molecule has 0 saturated carbocycles. The summed E-state index contributed by atoms with van der Waals surface area (Å²) < 4.78 is 25.9. The van der Waals surface area contributed by atoms with E-state index in [1.54, 1.807) is 4.68 Å². The number of sulfone groups is 1. The van der Waals surface area contributed by atoms with Crippen LogP contribution in [0.1, 0.15) is 55.0 Å². The lowest BCUT2D eigenvalue weighted by atomic mass is 10.1. The molecule has 18 heavy (non-hydrogen) atoms. The zero-order chi connectivity index (χ0) is 12.8. The SMILES string of the molecule is NC1CCCn2nc(C3CCCCS3(=O)=O)nc21. The van der Waals surface area contributed by atoms with Gasteiger partial charge in [0.05, 0.1) is 11.8 Å². The minimum Gasteiger partial charge on any atom is -0.321 e. The van der Waals surface area contributed by atoms with Crippen LogP contribution < -0.4 is 5.73 Å². The molecule has 0 aromatic carbocycles. The fraction of sp³-hybridized carbons (Fsp3) is 0.818. The normalized spacial score (nSPS) is 30.9. The van der Waals surface area contributed by atoms with Gasteiger partial charge in [0.25, 0.3) is 0 Å². The summed E-state index contributed by atoms with van der Waals surface area (Å²) in [6, 6.07) is -0.105. The standard InChI is InChI=1S/C11H18N4O2S/c12-8-4-3-6-15-11(8)13-10(14-15)9-5-1-2-7-18(9,16)17/h8-9H,1-7,12H2. The Hall–Kier alpha value is -0.950. The molecule has 3 rings (SSSR count). The summed E-state index contributed by atoms with van der Waals surface area (Å²) in [5, 5.41) is 3.85. The second kappa shape index (κ2) is 4.31. The molecule has 0 bridgehead atoms. The summed E-state index contributed by atoms with van der Waals surface area (Å²) in [6.07, 6.45) is 4.21. The quantitative estimate of drug-likeness (QED) is 0.811. The van der Waals surface area contributed by atoms with Gasteiger partial charge in [-0.2, -0.15) is 5.10 Å². The van der Waals surface area contributed by atoms with Crippen molar-refractivity contribution >= 4 is 9.84 Å². The predicted molar refractivity (Wildman–Crippen MR) is 66.6 cm³/mol. The van der Waals surface area contributed by atoms with E-state index in [2.05, 4.69) is 10.1 Å². The average Bonchev–Trinajstić information content (AvgIpc) is 2.73. The molecule has 2 unspecified atom stereocenters. The number of fused-ring (bicyclic) bond motifs is 1. The first-order valence-electron chi connectivity index (χ1n) is 6.50. The maximum Gasteiger partial charge on any atom is 0.169 e. The van der Waals surface area contributed by atoms with Crippen LogP contribution in [0.4, 0.5) is 0 Å². The average molecular weight is 270 g/mol. The summed E-state index contributed by atoms with van der Waals surface area (Å²) in [6.45, 7) is 0.794. The van der Waals surface area contributed by atoms with Crippen LogP contribution in [0.5, 0.6) is 0 Å². The monoisotopic (exact) mass is 270 g/mol. The van der Waals surface area contributed by atoms with E-state index >= 15 is 0 Å². The third-order valence-electron chi connectivity index (χ3n) is 3.80. The minimum absolute atomic E-state index is 0.105. The van der Waals surface area contributed by atoms with Gasteiger partial charge < -0.3 is 5.73 Å². The molecule has 1 fully saturated rings. The Morgan fingerprint density at radius 2 is 2.06 bits per heavy atom. The van der Waals surface area contributed by atoms with Crippen molar-refractivity contribution in [3.8, 4) is 0 Å². The number of aryl methyl sites for hydroxylation is 1. The van der Waals surface area contributed by atoms with Gasteiger partial charge >= 0.3 is 0 Å². The van der Waals surface area contributed by atoms with Crippen molar-refractivity contribution < 1.29 is 8.42 Å². The van der Waals surface area contributed by atoms with Crippen molar-refractivity contribution in [2.24, 2.45) is 5.73 Å². The maximum atomic E-state index is 12.1. The van der Waals surface area contributed by atoms with Crippen LogP contribution in [0.15, 0.2) is 0 Å². The molecule has 2 N–H and O–H groups in total. The van der Waals surface area contributed by atoms with Crippen molar-refractivity contribution in [2.75, 3.05) is 5.75 Å². The lowest BCUT2D eigenvalue weighted by Gasteiger charge is -2.19. The lowest BCUT2D eigenvalue weighted by molar-refractivity contribution is 0.421. The smallest absolute Gasteiger partial charge is 0.169 e. The Morgan fingerprint density at radius 3 is 2.78 bits per heavy atom. The van der Waals surface area contributed by atoms with Gasteiger partial charge in [0.2, 0.25) is 0 Å². The van der Waals surface area contributed by atoms with Crippen LogP contribution in [0.3, 0.4) is 0 Å². The molecule has 0 amide bonds. The van der Waals surface area contributed by atoms with Crippen molar-refractivity contribution in [3.05, 3.63) is 11.6 Å². The molecule has 1 aromatic heterocycles. The predicted octanol–water partition coefficient (Wildman–Crippen LogP) is 0.712. The Balaban J connectivity index is 1.97. The van der Waals surface area contributed by atoms with Gasteiger partial charge in [-0.25, -0.2) is 18.1 Å². The largest absolute Gasteiger partial charge is 0.321 e. The van der Waals surface area contributed by atoms with E-state index < -0.39 is 15.1 Å². The van der Waals surface area contributed by atoms with Gasteiger partial charge in [0, 0.05) is 6.54 Å². The highest BCUT2D eigenvalue weighted by Gasteiger charge is 2.35. The first-order valence-corrected chi connectivity index (χ1v) is 8.21. The molecule has 1 aromatic rings. The highest BCUT2D eigenvalue weighted by Crippen LogP contribution is 2.33. The fourth-order valence-electron chi connectivity index (χ4n) is 2.78. The zero-order valence-electron chi connectivity index (χ0n) is 10.2. The molecule has 2 aliphatic rings. The molecule has 0 spiro atoms. The number of aromatic nitrogens is 3. The Labute approximate surface area is 106 Å². The van der Waals surface area contributed by atoms with E-state index in [1.807, 2.05) is 0 Å². The molecule has 6 nitrogen and oxygen atoms in total. The highest BCUT2D eigenvalue weighted by atomic mass is 32.2. The van der Waals surface area contributed by atoms with Crippen molar-refractivity contribution in [1.29, 1.82) is 0 Å². The number of nitrogens with zero attached hydrogens (tertiary/aromatic N) is 3. The molecule has 3 heterocycles. The second-order valence-electron chi connectivity index (χ2n) is 5.15. The topological polar surface area (TPSA) is 90.9 Å². The summed E-state index contributed by atoms with van der Waals surface area (Å²) in [5.74, 6) is 1.47. The fourth-order valence-corrected chi connectivity index (χ4v) is 4.62. The Morgan fingerprint density at radius 1 is 1.22 bits per heavy atom. The van der Waals surface area contributed by atoms with Crippen LogP contribution in [0.2, 0.25) is 0 Å². The van der Waals surface area contributed by atoms with Crippen LogP contribution in [-0.2, 0) is 16.4 Å². The number of rotatable bonds is 1. The van der Waals surface area contributed by atoms with Crippen LogP contribution >= 0.6 is 0 Å². The molecular weight excluding hydrogens is 252 g/mol. The van der Waals surface area contributed by atoms with Gasteiger partial charge in [0.15, 0.2) is 15.7 Å². The van der Waals surface area contributed by atoms with Crippen LogP contribution in [0, 0.1) is 0 Å². The molecule has 1 saturated heterocycles. The molecule has 100 valence electrons. The summed E-state index contributed by atoms with van der Waals surface area (Å²) in [5.41, 5.74) is 5.98. The van der Waals surface area contributed by atoms with E-state index in [4.69, 9.17) is 5.73 Å².